The number of nitrogens with one attached hydrogen (secondary N) is 1. The minimum atomic E-state index is -0.355. The first-order chi connectivity index (χ1) is 13.0. The second kappa shape index (κ2) is 10.3. The van der Waals surface area contributed by atoms with Crippen LogP contribution < -0.4 is 14.8 Å². The minimum Gasteiger partial charge on any atom is -0.493 e. The summed E-state index contributed by atoms with van der Waals surface area (Å²) in [6, 6.07) is 5.45. The van der Waals surface area contributed by atoms with Gasteiger partial charge < -0.3 is 14.2 Å². The van der Waals surface area contributed by atoms with Crippen molar-refractivity contribution in [3.63, 3.8) is 0 Å². The first-order valence-corrected chi connectivity index (χ1v) is 9.27. The van der Waals surface area contributed by atoms with Gasteiger partial charge in [-0.15, -0.1) is 11.3 Å². The van der Waals surface area contributed by atoms with E-state index in [4.69, 9.17) is 14.2 Å². The molecular formula is C19H22N2O5S. The number of ether oxygens (including phenoxy) is 3. The van der Waals surface area contributed by atoms with E-state index < -0.39 is 0 Å². The third kappa shape index (κ3) is 6.41. The summed E-state index contributed by atoms with van der Waals surface area (Å²) in [5, 5.41) is 4.75. The van der Waals surface area contributed by atoms with Crippen LogP contribution in [0.15, 0.2) is 29.7 Å². The molecule has 0 aliphatic heterocycles. The van der Waals surface area contributed by atoms with Gasteiger partial charge in [-0.25, -0.2) is 4.98 Å². The summed E-state index contributed by atoms with van der Waals surface area (Å²) in [7, 11) is 1.54. The summed E-state index contributed by atoms with van der Waals surface area (Å²) in [4.78, 5) is 27.7. The van der Waals surface area contributed by atoms with E-state index in [1.54, 1.807) is 25.5 Å². The van der Waals surface area contributed by atoms with Crippen molar-refractivity contribution in [2.75, 3.05) is 25.6 Å². The molecule has 8 heteroatoms. The maximum Gasteiger partial charge on any atom is 0.311 e. The number of thiazole rings is 1. The average molecular weight is 390 g/mol. The maximum absolute atomic E-state index is 12.1. The molecule has 0 unspecified atom stereocenters. The molecule has 0 aliphatic carbocycles. The fourth-order valence-electron chi connectivity index (χ4n) is 2.20. The van der Waals surface area contributed by atoms with Crippen molar-refractivity contribution in [1.82, 2.24) is 4.98 Å². The van der Waals surface area contributed by atoms with Crippen molar-refractivity contribution < 1.29 is 23.8 Å². The zero-order valence-corrected chi connectivity index (χ0v) is 16.3. The SMILES string of the molecule is C/C=C/c1ccc(OCC(=O)Nc2nc(CC(=O)OCC)cs2)c(OC)c1. The van der Waals surface area contributed by atoms with Crippen molar-refractivity contribution in [3.8, 4) is 11.5 Å². The van der Waals surface area contributed by atoms with E-state index >= 15 is 0 Å². The second-order valence-corrected chi connectivity index (χ2v) is 6.23. The van der Waals surface area contributed by atoms with Crippen molar-refractivity contribution in [3.05, 3.63) is 40.9 Å². The van der Waals surface area contributed by atoms with Gasteiger partial charge in [-0.3, -0.25) is 14.9 Å². The molecule has 1 amide bonds. The fourth-order valence-corrected chi connectivity index (χ4v) is 2.93. The van der Waals surface area contributed by atoms with Crippen LogP contribution in [-0.2, 0) is 20.7 Å². The van der Waals surface area contributed by atoms with Crippen LogP contribution in [0.4, 0.5) is 5.13 Å². The Labute approximate surface area is 162 Å². The van der Waals surface area contributed by atoms with Gasteiger partial charge in [0.2, 0.25) is 0 Å². The summed E-state index contributed by atoms with van der Waals surface area (Å²) in [5.74, 6) is 0.316. The van der Waals surface area contributed by atoms with Crippen LogP contribution in [0.5, 0.6) is 11.5 Å². The second-order valence-electron chi connectivity index (χ2n) is 5.37. The van der Waals surface area contributed by atoms with Crippen LogP contribution in [-0.4, -0.2) is 37.2 Å². The lowest BCUT2D eigenvalue weighted by molar-refractivity contribution is -0.142. The van der Waals surface area contributed by atoms with Gasteiger partial charge in [0.1, 0.15) is 0 Å². The topological polar surface area (TPSA) is 86.8 Å². The lowest BCUT2D eigenvalue weighted by atomic mass is 10.2. The Kier molecular flexibility index (Phi) is 7.81. The molecule has 0 fully saturated rings. The highest BCUT2D eigenvalue weighted by Gasteiger charge is 2.12. The number of hydrogen-bond acceptors (Lipinski definition) is 7. The molecule has 0 radical (unpaired) electrons. The molecule has 7 nitrogen and oxygen atoms in total. The van der Waals surface area contributed by atoms with Gasteiger partial charge in [-0.1, -0.05) is 18.2 Å². The maximum atomic E-state index is 12.1. The van der Waals surface area contributed by atoms with Crippen LogP contribution in [0.1, 0.15) is 25.1 Å². The molecule has 1 aromatic carbocycles. The zero-order chi connectivity index (χ0) is 19.6. The smallest absolute Gasteiger partial charge is 0.311 e. The lowest BCUT2D eigenvalue weighted by Gasteiger charge is -2.11. The molecule has 0 aliphatic rings. The number of amides is 1. The van der Waals surface area contributed by atoms with Gasteiger partial charge >= 0.3 is 5.97 Å². The van der Waals surface area contributed by atoms with Gasteiger partial charge in [-0.05, 0) is 31.5 Å². The number of esters is 1. The Morgan fingerprint density at radius 2 is 2.11 bits per heavy atom. The number of rotatable bonds is 9. The normalized spacial score (nSPS) is 10.6. The van der Waals surface area contributed by atoms with E-state index in [9.17, 15) is 9.59 Å². The third-order valence-electron chi connectivity index (χ3n) is 3.33. The number of anilines is 1. The van der Waals surface area contributed by atoms with Crippen LogP contribution >= 0.6 is 11.3 Å². The molecule has 2 aromatic rings. The van der Waals surface area contributed by atoms with Gasteiger partial charge in [0, 0.05) is 5.38 Å². The Bertz CT molecular complexity index is 816. The fraction of sp³-hybridized carbons (Fsp3) is 0.316. The van der Waals surface area contributed by atoms with Crippen molar-refractivity contribution in [2.24, 2.45) is 0 Å². The molecule has 0 saturated heterocycles. The first kappa shape index (κ1) is 20.4. The van der Waals surface area contributed by atoms with E-state index in [1.165, 1.54) is 11.3 Å². The number of carbonyl (C=O) groups is 2. The number of allylic oxidation sites excluding steroid dienone is 1. The molecular weight excluding hydrogens is 368 g/mol. The molecule has 27 heavy (non-hydrogen) atoms. The van der Waals surface area contributed by atoms with Crippen molar-refractivity contribution in [2.45, 2.75) is 20.3 Å². The Hall–Kier alpha value is -2.87. The summed E-state index contributed by atoms with van der Waals surface area (Å²) in [6.45, 7) is 3.81. The van der Waals surface area contributed by atoms with Gasteiger partial charge in [-0.2, -0.15) is 0 Å². The molecule has 144 valence electrons. The summed E-state index contributed by atoms with van der Waals surface area (Å²) >= 11 is 1.24. The van der Waals surface area contributed by atoms with E-state index in [1.807, 2.05) is 31.2 Å². The predicted octanol–water partition coefficient (Wildman–Crippen LogP) is 3.31. The van der Waals surface area contributed by atoms with Gasteiger partial charge in [0.15, 0.2) is 23.2 Å². The average Bonchev–Trinajstić information content (AvgIpc) is 3.07. The van der Waals surface area contributed by atoms with E-state index in [0.29, 0.717) is 28.9 Å². The number of benzene rings is 1. The highest BCUT2D eigenvalue weighted by Crippen LogP contribution is 2.28. The highest BCUT2D eigenvalue weighted by atomic mass is 32.1. The first-order valence-electron chi connectivity index (χ1n) is 8.39. The molecule has 1 N–H and O–H groups in total. The lowest BCUT2D eigenvalue weighted by Crippen LogP contribution is -2.20. The number of carbonyl (C=O) groups excluding carboxylic acids is 2. The predicted molar refractivity (Wildman–Crippen MR) is 104 cm³/mol. The quantitative estimate of drug-likeness (QED) is 0.661. The van der Waals surface area contributed by atoms with Gasteiger partial charge in [0.25, 0.3) is 5.91 Å². The number of hydrogen-bond donors (Lipinski definition) is 1. The summed E-state index contributed by atoms with van der Waals surface area (Å²) in [5.41, 5.74) is 1.53. The molecule has 0 bridgehead atoms. The van der Waals surface area contributed by atoms with Gasteiger partial charge in [0.05, 0.1) is 25.8 Å². The highest BCUT2D eigenvalue weighted by molar-refractivity contribution is 7.13. The Morgan fingerprint density at radius 1 is 1.30 bits per heavy atom. The van der Waals surface area contributed by atoms with Crippen LogP contribution in [0, 0.1) is 0 Å². The molecule has 1 heterocycles. The third-order valence-corrected chi connectivity index (χ3v) is 4.14. The molecule has 1 aromatic heterocycles. The standard InChI is InChI=1S/C19H22N2O5S/c1-4-6-13-7-8-15(16(9-13)24-3)26-11-17(22)21-19-20-14(12-27-19)10-18(23)25-5-2/h4,6-9,12H,5,10-11H2,1-3H3,(H,20,21,22)/b6-4+. The monoisotopic (exact) mass is 390 g/mol. The Balaban J connectivity index is 1.89. The molecule has 0 saturated carbocycles. The summed E-state index contributed by atoms with van der Waals surface area (Å²) < 4.78 is 15.7. The minimum absolute atomic E-state index is 0.0759. The van der Waals surface area contributed by atoms with E-state index in [0.717, 1.165) is 5.56 Å². The molecule has 0 atom stereocenters. The molecule has 2 rings (SSSR count). The van der Waals surface area contributed by atoms with E-state index in [2.05, 4.69) is 10.3 Å². The van der Waals surface area contributed by atoms with Crippen LogP contribution in [0.3, 0.4) is 0 Å². The van der Waals surface area contributed by atoms with Crippen molar-refractivity contribution >= 4 is 34.4 Å². The zero-order valence-electron chi connectivity index (χ0n) is 15.5. The molecule has 0 spiro atoms. The van der Waals surface area contributed by atoms with Crippen molar-refractivity contribution in [1.29, 1.82) is 0 Å². The Morgan fingerprint density at radius 3 is 2.81 bits per heavy atom. The number of aromatic nitrogens is 1. The van der Waals surface area contributed by atoms with Crippen LogP contribution in [0.25, 0.3) is 6.08 Å². The largest absolute Gasteiger partial charge is 0.493 e. The number of methoxy groups -OCH3 is 1. The number of nitrogens with zero attached hydrogens (tertiary/aromatic N) is 1. The summed E-state index contributed by atoms with van der Waals surface area (Å²) in [6.07, 6.45) is 3.94. The van der Waals surface area contributed by atoms with E-state index in [-0.39, 0.29) is 24.9 Å². The van der Waals surface area contributed by atoms with Crippen LogP contribution in [0.2, 0.25) is 0 Å².